The number of thioether (sulfide) groups is 1. The van der Waals surface area contributed by atoms with Gasteiger partial charge in [-0.15, -0.1) is 0 Å². The second kappa shape index (κ2) is 4.94. The van der Waals surface area contributed by atoms with Crippen LogP contribution < -0.4 is 5.32 Å². The average Bonchev–Trinajstić information content (AvgIpc) is 2.94. The van der Waals surface area contributed by atoms with Crippen LogP contribution in [0.1, 0.15) is 39.5 Å². The zero-order valence-corrected chi connectivity index (χ0v) is 11.5. The Morgan fingerprint density at radius 2 is 2.00 bits per heavy atom. The fraction of sp³-hybridized carbons (Fsp3) is 0.917. The number of aliphatic imine (C=N–C) groups is 1. The predicted molar refractivity (Wildman–Crippen MR) is 68.9 cm³/mol. The summed E-state index contributed by atoms with van der Waals surface area (Å²) < 4.78 is 38.4. The van der Waals surface area contributed by atoms with Crippen LogP contribution in [0.15, 0.2) is 4.99 Å². The Morgan fingerprint density at radius 3 is 2.44 bits per heavy atom. The number of alkyl halides is 3. The lowest BCUT2D eigenvalue weighted by molar-refractivity contribution is -0.161. The topological polar surface area (TPSA) is 24.4 Å². The van der Waals surface area contributed by atoms with Crippen LogP contribution in [0, 0.1) is 5.92 Å². The van der Waals surface area contributed by atoms with E-state index in [1.807, 2.05) is 0 Å². The molecule has 2 nitrogen and oxygen atoms in total. The van der Waals surface area contributed by atoms with Gasteiger partial charge in [0.2, 0.25) is 0 Å². The summed E-state index contributed by atoms with van der Waals surface area (Å²) in [6.07, 6.45) is -1.71. The summed E-state index contributed by atoms with van der Waals surface area (Å²) in [6.45, 7) is 4.89. The molecule has 1 heterocycles. The third kappa shape index (κ3) is 2.63. The molecule has 1 unspecified atom stereocenters. The van der Waals surface area contributed by atoms with Gasteiger partial charge in [0.15, 0.2) is 5.17 Å². The first-order chi connectivity index (χ1) is 8.42. The van der Waals surface area contributed by atoms with Crippen molar-refractivity contribution in [1.82, 2.24) is 5.32 Å². The lowest BCUT2D eigenvalue weighted by Gasteiger charge is -2.23. The molecular formula is C12H19F3N2S. The summed E-state index contributed by atoms with van der Waals surface area (Å²) in [6, 6.07) is 0. The van der Waals surface area contributed by atoms with Gasteiger partial charge < -0.3 is 5.32 Å². The Kier molecular flexibility index (Phi) is 3.85. The maximum atomic E-state index is 12.8. The molecule has 0 spiro atoms. The van der Waals surface area contributed by atoms with Crippen molar-refractivity contribution in [1.29, 1.82) is 0 Å². The number of rotatable bonds is 4. The minimum absolute atomic E-state index is 0.172. The van der Waals surface area contributed by atoms with Gasteiger partial charge in [-0.05, 0) is 18.8 Å². The molecule has 0 aromatic rings. The molecule has 1 aliphatic carbocycles. The Bertz CT molecular complexity index is 333. The first-order valence-corrected chi connectivity index (χ1v) is 7.36. The van der Waals surface area contributed by atoms with Crippen LogP contribution in [-0.4, -0.2) is 28.7 Å². The summed E-state index contributed by atoms with van der Waals surface area (Å²) in [5, 5.41) is 3.45. The van der Waals surface area contributed by atoms with E-state index in [2.05, 4.69) is 24.2 Å². The molecule has 1 aliphatic heterocycles. The highest BCUT2D eigenvalue weighted by atomic mass is 32.2. The smallest absolute Gasteiger partial charge is 0.351 e. The molecule has 0 amide bonds. The van der Waals surface area contributed by atoms with E-state index in [1.165, 1.54) is 11.8 Å². The van der Waals surface area contributed by atoms with E-state index in [0.29, 0.717) is 22.9 Å². The van der Waals surface area contributed by atoms with Gasteiger partial charge in [-0.1, -0.05) is 38.5 Å². The zero-order chi connectivity index (χ0) is 13.4. The van der Waals surface area contributed by atoms with Crippen molar-refractivity contribution in [3.63, 3.8) is 0 Å². The molecule has 0 aromatic heterocycles. The number of nitrogens with zero attached hydrogens (tertiary/aromatic N) is 1. The molecule has 0 bridgehead atoms. The Balaban J connectivity index is 1.90. The fourth-order valence-electron chi connectivity index (χ4n) is 2.33. The maximum Gasteiger partial charge on any atom is 0.411 e. The van der Waals surface area contributed by atoms with E-state index < -0.39 is 11.7 Å². The fourth-order valence-corrected chi connectivity index (χ4v) is 3.75. The molecule has 2 rings (SSSR count). The van der Waals surface area contributed by atoms with Crippen molar-refractivity contribution in [2.75, 3.05) is 6.54 Å². The minimum Gasteiger partial charge on any atom is -0.351 e. The van der Waals surface area contributed by atoms with Gasteiger partial charge in [-0.3, -0.25) is 4.99 Å². The number of hydrogen-bond acceptors (Lipinski definition) is 3. The third-order valence-electron chi connectivity index (χ3n) is 3.89. The van der Waals surface area contributed by atoms with Crippen molar-refractivity contribution in [2.24, 2.45) is 10.9 Å². The Labute approximate surface area is 110 Å². The quantitative estimate of drug-likeness (QED) is 0.851. The van der Waals surface area contributed by atoms with E-state index >= 15 is 0 Å². The van der Waals surface area contributed by atoms with Gasteiger partial charge in [0.05, 0.1) is 6.54 Å². The Hall–Kier alpha value is -0.390. The highest BCUT2D eigenvalue weighted by Crippen LogP contribution is 2.49. The van der Waals surface area contributed by atoms with Gasteiger partial charge in [0, 0.05) is 5.25 Å². The molecule has 0 radical (unpaired) electrons. The van der Waals surface area contributed by atoms with Crippen LogP contribution in [0.4, 0.5) is 13.2 Å². The van der Waals surface area contributed by atoms with Gasteiger partial charge >= 0.3 is 6.18 Å². The van der Waals surface area contributed by atoms with E-state index in [9.17, 15) is 13.2 Å². The molecule has 1 atom stereocenters. The van der Waals surface area contributed by atoms with Crippen molar-refractivity contribution in [3.05, 3.63) is 0 Å². The highest BCUT2D eigenvalue weighted by molar-refractivity contribution is 8.14. The summed E-state index contributed by atoms with van der Waals surface area (Å²) >= 11 is 1.49. The van der Waals surface area contributed by atoms with E-state index in [-0.39, 0.29) is 12.8 Å². The molecule has 6 heteroatoms. The van der Waals surface area contributed by atoms with Crippen molar-refractivity contribution < 1.29 is 13.2 Å². The molecular weight excluding hydrogens is 261 g/mol. The number of amidine groups is 1. The van der Waals surface area contributed by atoms with Crippen LogP contribution in [-0.2, 0) is 0 Å². The average molecular weight is 280 g/mol. The lowest BCUT2D eigenvalue weighted by Crippen LogP contribution is -2.46. The van der Waals surface area contributed by atoms with E-state index in [0.717, 1.165) is 12.8 Å². The first-order valence-electron chi connectivity index (χ1n) is 6.48. The van der Waals surface area contributed by atoms with Crippen LogP contribution in [0.5, 0.6) is 0 Å². The second-order valence-electron chi connectivity index (χ2n) is 5.08. The first kappa shape index (κ1) is 14.0. The zero-order valence-electron chi connectivity index (χ0n) is 10.7. The van der Waals surface area contributed by atoms with E-state index in [1.54, 1.807) is 0 Å². The van der Waals surface area contributed by atoms with E-state index in [4.69, 9.17) is 0 Å². The SMILES string of the molecule is CCC(CC)C1CN=C(NC2(C(F)(F)F)CC2)S1. The summed E-state index contributed by atoms with van der Waals surface area (Å²) in [5.41, 5.74) is -1.68. The number of nitrogens with one attached hydrogen (secondary N) is 1. The molecule has 0 aromatic carbocycles. The van der Waals surface area contributed by atoms with Gasteiger partial charge in [0.1, 0.15) is 5.54 Å². The molecule has 104 valence electrons. The molecule has 1 fully saturated rings. The summed E-state index contributed by atoms with van der Waals surface area (Å²) in [5.74, 6) is 0.541. The number of hydrogen-bond donors (Lipinski definition) is 1. The van der Waals surface area contributed by atoms with Gasteiger partial charge in [-0.25, -0.2) is 0 Å². The van der Waals surface area contributed by atoms with Crippen LogP contribution in [0.3, 0.4) is 0 Å². The monoisotopic (exact) mass is 280 g/mol. The standard InChI is InChI=1S/C12H19F3N2S/c1-3-8(4-2)9-7-16-10(18-9)17-11(5-6-11)12(13,14)15/h8-9H,3-7H2,1-2H3,(H,16,17). The summed E-state index contributed by atoms with van der Waals surface area (Å²) in [7, 11) is 0. The van der Waals surface area contributed by atoms with Crippen molar-refractivity contribution in [3.8, 4) is 0 Å². The largest absolute Gasteiger partial charge is 0.411 e. The lowest BCUT2D eigenvalue weighted by atomic mass is 9.99. The van der Waals surface area contributed by atoms with Crippen molar-refractivity contribution in [2.45, 2.75) is 56.5 Å². The minimum atomic E-state index is -4.16. The second-order valence-corrected chi connectivity index (χ2v) is 6.31. The highest BCUT2D eigenvalue weighted by Gasteiger charge is 2.64. The maximum absolute atomic E-state index is 12.8. The number of halogens is 3. The molecule has 1 N–H and O–H groups in total. The van der Waals surface area contributed by atoms with Gasteiger partial charge in [-0.2, -0.15) is 13.2 Å². The summed E-state index contributed by atoms with van der Waals surface area (Å²) in [4.78, 5) is 4.24. The van der Waals surface area contributed by atoms with Gasteiger partial charge in [0.25, 0.3) is 0 Å². The third-order valence-corrected chi connectivity index (χ3v) is 5.18. The molecule has 18 heavy (non-hydrogen) atoms. The van der Waals surface area contributed by atoms with Crippen LogP contribution >= 0.6 is 11.8 Å². The molecule has 2 aliphatic rings. The van der Waals surface area contributed by atoms with Crippen LogP contribution in [0.25, 0.3) is 0 Å². The normalized spacial score (nSPS) is 26.3. The van der Waals surface area contributed by atoms with Crippen molar-refractivity contribution >= 4 is 16.9 Å². The predicted octanol–water partition coefficient (Wildman–Crippen LogP) is 3.58. The molecule has 1 saturated carbocycles. The Morgan fingerprint density at radius 1 is 1.39 bits per heavy atom. The molecule has 0 saturated heterocycles. The van der Waals surface area contributed by atoms with Crippen LogP contribution in [0.2, 0.25) is 0 Å².